The van der Waals surface area contributed by atoms with Crippen LogP contribution in [0.4, 0.5) is 0 Å². The standard InChI is InChI=1S/C26H22N2O4/c27-16-21-13-17(14-25(29)30)5-12-24(21)32-23-10-7-19(8-11-23)26(31)28-22-9-6-18-3-1-2-4-20(18)15-22/h1-5,7-8,10-13,22H,6,9,14-15H2,(H,28,31)(H,29,30). The molecule has 1 atom stereocenters. The first-order valence-electron chi connectivity index (χ1n) is 10.4. The Kier molecular flexibility index (Phi) is 6.18. The molecule has 0 aromatic heterocycles. The number of carboxylic acid groups (broad SMARTS) is 1. The molecule has 4 rings (SSSR count). The normalized spacial score (nSPS) is 14.7. The number of nitrogens with one attached hydrogen (secondary N) is 1. The molecule has 0 spiro atoms. The number of nitriles is 1. The largest absolute Gasteiger partial charge is 0.481 e. The third-order valence-corrected chi connectivity index (χ3v) is 5.55. The highest BCUT2D eigenvalue weighted by molar-refractivity contribution is 5.94. The van der Waals surface area contributed by atoms with E-state index >= 15 is 0 Å². The van der Waals surface area contributed by atoms with Gasteiger partial charge in [0.2, 0.25) is 0 Å². The van der Waals surface area contributed by atoms with Crippen molar-refractivity contribution >= 4 is 11.9 Å². The van der Waals surface area contributed by atoms with Crippen molar-refractivity contribution < 1.29 is 19.4 Å². The quantitative estimate of drug-likeness (QED) is 0.613. The Morgan fingerprint density at radius 1 is 1.06 bits per heavy atom. The number of hydrogen-bond donors (Lipinski definition) is 2. The molecule has 3 aromatic rings. The lowest BCUT2D eigenvalue weighted by atomic mass is 9.88. The molecule has 6 nitrogen and oxygen atoms in total. The van der Waals surface area contributed by atoms with Gasteiger partial charge in [0.15, 0.2) is 0 Å². The summed E-state index contributed by atoms with van der Waals surface area (Å²) in [5.74, 6) is -0.277. The van der Waals surface area contributed by atoms with Gasteiger partial charge in [-0.3, -0.25) is 9.59 Å². The van der Waals surface area contributed by atoms with Crippen molar-refractivity contribution in [1.82, 2.24) is 5.32 Å². The molecule has 1 aliphatic rings. The van der Waals surface area contributed by atoms with Gasteiger partial charge in [0.25, 0.3) is 5.91 Å². The zero-order valence-electron chi connectivity index (χ0n) is 17.4. The van der Waals surface area contributed by atoms with Gasteiger partial charge >= 0.3 is 5.97 Å². The van der Waals surface area contributed by atoms with Gasteiger partial charge in [-0.15, -0.1) is 0 Å². The molecular formula is C26H22N2O4. The van der Waals surface area contributed by atoms with Crippen LogP contribution in [0.25, 0.3) is 0 Å². The molecule has 0 saturated heterocycles. The van der Waals surface area contributed by atoms with Gasteiger partial charge in [0.05, 0.1) is 12.0 Å². The first kappa shape index (κ1) is 21.1. The number of carboxylic acids is 1. The fraction of sp³-hybridized carbons (Fsp3) is 0.192. The first-order valence-corrected chi connectivity index (χ1v) is 10.4. The second-order valence-electron chi connectivity index (χ2n) is 7.82. The molecule has 6 heteroatoms. The number of nitrogens with zero attached hydrogens (tertiary/aromatic N) is 1. The van der Waals surface area contributed by atoms with Crippen molar-refractivity contribution in [1.29, 1.82) is 5.26 Å². The lowest BCUT2D eigenvalue weighted by molar-refractivity contribution is -0.136. The number of rotatable bonds is 6. The molecule has 1 unspecified atom stereocenters. The van der Waals surface area contributed by atoms with Gasteiger partial charge in [-0.25, -0.2) is 0 Å². The minimum Gasteiger partial charge on any atom is -0.481 e. The molecule has 160 valence electrons. The van der Waals surface area contributed by atoms with E-state index in [1.807, 2.05) is 18.2 Å². The van der Waals surface area contributed by atoms with E-state index in [-0.39, 0.29) is 23.9 Å². The zero-order chi connectivity index (χ0) is 22.5. The van der Waals surface area contributed by atoms with Crippen LogP contribution >= 0.6 is 0 Å². The second kappa shape index (κ2) is 9.36. The molecule has 0 heterocycles. The number of ether oxygens (including phenoxy) is 1. The van der Waals surface area contributed by atoms with E-state index in [0.29, 0.717) is 22.6 Å². The second-order valence-corrected chi connectivity index (χ2v) is 7.82. The molecule has 3 aromatic carbocycles. The maximum Gasteiger partial charge on any atom is 0.307 e. The topological polar surface area (TPSA) is 99.4 Å². The highest BCUT2D eigenvalue weighted by atomic mass is 16.5. The predicted octanol–water partition coefficient (Wildman–Crippen LogP) is 4.26. The molecule has 0 radical (unpaired) electrons. The lowest BCUT2D eigenvalue weighted by Gasteiger charge is -2.25. The summed E-state index contributed by atoms with van der Waals surface area (Å²) < 4.78 is 5.78. The van der Waals surface area contributed by atoms with Crippen molar-refractivity contribution in [2.75, 3.05) is 0 Å². The maximum atomic E-state index is 12.7. The monoisotopic (exact) mass is 426 g/mol. The van der Waals surface area contributed by atoms with Gasteiger partial charge in [-0.2, -0.15) is 5.26 Å². The number of aryl methyl sites for hydroxylation is 1. The van der Waals surface area contributed by atoms with Gasteiger partial charge < -0.3 is 15.2 Å². The van der Waals surface area contributed by atoms with E-state index < -0.39 is 5.97 Å². The van der Waals surface area contributed by atoms with Crippen molar-refractivity contribution in [3.05, 3.63) is 94.5 Å². The first-order chi connectivity index (χ1) is 15.5. The molecule has 0 fully saturated rings. The van der Waals surface area contributed by atoms with Gasteiger partial charge in [0.1, 0.15) is 17.6 Å². The summed E-state index contributed by atoms with van der Waals surface area (Å²) in [6.07, 6.45) is 2.54. The van der Waals surface area contributed by atoms with Gasteiger partial charge in [-0.1, -0.05) is 30.3 Å². The predicted molar refractivity (Wildman–Crippen MR) is 119 cm³/mol. The molecule has 1 aliphatic carbocycles. The Bertz CT molecular complexity index is 1200. The summed E-state index contributed by atoms with van der Waals surface area (Å²) in [7, 11) is 0. The molecule has 2 N–H and O–H groups in total. The summed E-state index contributed by atoms with van der Waals surface area (Å²) in [5, 5.41) is 21.4. The average molecular weight is 426 g/mol. The summed E-state index contributed by atoms with van der Waals surface area (Å²) in [6.45, 7) is 0. The van der Waals surface area contributed by atoms with E-state index in [1.54, 1.807) is 36.4 Å². The van der Waals surface area contributed by atoms with E-state index in [1.165, 1.54) is 17.2 Å². The Balaban J connectivity index is 1.40. The lowest BCUT2D eigenvalue weighted by Crippen LogP contribution is -2.38. The Morgan fingerprint density at radius 2 is 1.81 bits per heavy atom. The van der Waals surface area contributed by atoms with Crippen LogP contribution in [0.2, 0.25) is 0 Å². The number of fused-ring (bicyclic) bond motifs is 1. The summed E-state index contributed by atoms with van der Waals surface area (Å²) in [6, 6.07) is 21.9. The van der Waals surface area contributed by atoms with E-state index in [9.17, 15) is 14.9 Å². The van der Waals surface area contributed by atoms with Crippen LogP contribution in [0.15, 0.2) is 66.7 Å². The van der Waals surface area contributed by atoms with E-state index in [0.717, 1.165) is 19.3 Å². The van der Waals surface area contributed by atoms with Crippen LogP contribution in [0, 0.1) is 11.3 Å². The number of hydrogen-bond acceptors (Lipinski definition) is 4. The van der Waals surface area contributed by atoms with Crippen molar-refractivity contribution in [3.8, 4) is 17.6 Å². The minimum absolute atomic E-state index is 0.107. The van der Waals surface area contributed by atoms with Gasteiger partial charge in [0, 0.05) is 11.6 Å². The average Bonchev–Trinajstić information content (AvgIpc) is 2.80. The molecule has 0 saturated carbocycles. The van der Waals surface area contributed by atoms with Crippen LogP contribution in [-0.4, -0.2) is 23.0 Å². The fourth-order valence-corrected chi connectivity index (χ4v) is 3.93. The number of aliphatic carboxylic acids is 1. The highest BCUT2D eigenvalue weighted by Crippen LogP contribution is 2.27. The third-order valence-electron chi connectivity index (χ3n) is 5.55. The van der Waals surface area contributed by atoms with Crippen LogP contribution < -0.4 is 10.1 Å². The number of carbonyl (C=O) groups excluding carboxylic acids is 1. The Hall–Kier alpha value is -4.11. The van der Waals surface area contributed by atoms with E-state index in [4.69, 9.17) is 9.84 Å². The van der Waals surface area contributed by atoms with Crippen molar-refractivity contribution in [2.24, 2.45) is 0 Å². The number of benzene rings is 3. The third kappa shape index (κ3) is 4.96. The molecule has 0 aliphatic heterocycles. The number of carbonyl (C=O) groups is 2. The molecular weight excluding hydrogens is 404 g/mol. The summed E-state index contributed by atoms with van der Waals surface area (Å²) in [5.41, 5.74) is 3.96. The molecule has 32 heavy (non-hydrogen) atoms. The fourth-order valence-electron chi connectivity index (χ4n) is 3.93. The van der Waals surface area contributed by atoms with Crippen molar-refractivity contribution in [3.63, 3.8) is 0 Å². The summed E-state index contributed by atoms with van der Waals surface area (Å²) >= 11 is 0. The van der Waals surface area contributed by atoms with Crippen LogP contribution in [-0.2, 0) is 24.1 Å². The highest BCUT2D eigenvalue weighted by Gasteiger charge is 2.20. The Labute approximate surface area is 186 Å². The smallest absolute Gasteiger partial charge is 0.307 e. The van der Waals surface area contributed by atoms with Crippen molar-refractivity contribution in [2.45, 2.75) is 31.7 Å². The minimum atomic E-state index is -0.964. The molecule has 0 bridgehead atoms. The summed E-state index contributed by atoms with van der Waals surface area (Å²) in [4.78, 5) is 23.5. The van der Waals surface area contributed by atoms with Crippen LogP contribution in [0.3, 0.4) is 0 Å². The zero-order valence-corrected chi connectivity index (χ0v) is 17.4. The van der Waals surface area contributed by atoms with Gasteiger partial charge in [-0.05, 0) is 72.4 Å². The SMILES string of the molecule is N#Cc1cc(CC(=O)O)ccc1Oc1ccc(C(=O)NC2CCc3ccccc3C2)cc1. The van der Waals surface area contributed by atoms with Crippen LogP contribution in [0.1, 0.15) is 39.0 Å². The van der Waals surface area contributed by atoms with Crippen LogP contribution in [0.5, 0.6) is 11.5 Å². The maximum absolute atomic E-state index is 12.7. The molecule has 1 amide bonds. The number of amides is 1. The van der Waals surface area contributed by atoms with E-state index in [2.05, 4.69) is 17.4 Å². The Morgan fingerprint density at radius 3 is 2.53 bits per heavy atom.